The molecule has 2 nitrogen and oxygen atoms in total. The number of thioether (sulfide) groups is 1. The van der Waals surface area contributed by atoms with E-state index in [4.69, 9.17) is 9.73 Å². The molecule has 2 atom stereocenters. The van der Waals surface area contributed by atoms with Gasteiger partial charge < -0.3 is 4.74 Å². The molecule has 0 amide bonds. The largest absolute Gasteiger partial charge is 0.470 e. The van der Waals surface area contributed by atoms with Crippen LogP contribution in [0.5, 0.6) is 0 Å². The number of rotatable bonds is 2. The maximum absolute atomic E-state index is 5.85. The van der Waals surface area contributed by atoms with Gasteiger partial charge in [0, 0.05) is 11.3 Å². The van der Waals surface area contributed by atoms with Gasteiger partial charge in [-0.05, 0) is 36.4 Å². The van der Waals surface area contributed by atoms with Gasteiger partial charge in [0.25, 0.3) is 5.23 Å². The highest BCUT2D eigenvalue weighted by Gasteiger charge is 2.23. The Bertz CT molecular complexity index is 582. The van der Waals surface area contributed by atoms with Crippen molar-refractivity contribution < 1.29 is 4.74 Å². The maximum atomic E-state index is 5.85. The van der Waals surface area contributed by atoms with Crippen molar-refractivity contribution >= 4 is 17.0 Å². The second kappa shape index (κ2) is 6.14. The zero-order valence-corrected chi connectivity index (χ0v) is 12.2. The Morgan fingerprint density at radius 1 is 1.00 bits per heavy atom. The highest BCUT2D eigenvalue weighted by molar-refractivity contribution is 8.13. The lowest BCUT2D eigenvalue weighted by molar-refractivity contribution is 0.175. The van der Waals surface area contributed by atoms with Gasteiger partial charge in [-0.3, -0.25) is 0 Å². The molecule has 1 aliphatic rings. The van der Waals surface area contributed by atoms with Crippen LogP contribution in [0.25, 0.3) is 0 Å². The van der Waals surface area contributed by atoms with Crippen LogP contribution in [-0.4, -0.2) is 11.3 Å². The Morgan fingerprint density at radius 2 is 1.65 bits per heavy atom. The number of hydrogen-bond acceptors (Lipinski definition) is 3. The molecule has 0 spiro atoms. The summed E-state index contributed by atoms with van der Waals surface area (Å²) in [5.74, 6) is 0. The van der Waals surface area contributed by atoms with Gasteiger partial charge in [0.1, 0.15) is 6.10 Å². The van der Waals surface area contributed by atoms with Crippen molar-refractivity contribution in [3.05, 3.63) is 66.2 Å². The topological polar surface area (TPSA) is 21.6 Å². The van der Waals surface area contributed by atoms with Crippen LogP contribution in [0.15, 0.2) is 70.6 Å². The molecule has 3 heteroatoms. The van der Waals surface area contributed by atoms with Gasteiger partial charge in [-0.2, -0.15) is 0 Å². The molecule has 1 heterocycles. The number of benzene rings is 2. The maximum Gasteiger partial charge on any atom is 0.251 e. The third-order valence-electron chi connectivity index (χ3n) is 3.25. The Kier molecular flexibility index (Phi) is 4.07. The summed E-state index contributed by atoms with van der Waals surface area (Å²) in [6.07, 6.45) is 1.13. The second-order valence-corrected chi connectivity index (χ2v) is 5.93. The fraction of sp³-hybridized carbons (Fsp3) is 0.235. The molecule has 0 fully saturated rings. The standard InChI is InChI=1S/C17H17NOS/c1-13-12-16(14-8-4-2-5-9-14)18-17(19-13)20-15-10-6-3-7-11-15/h2-11,13,16H,12H2,1H3/t13-,16?/m1/s1. The monoisotopic (exact) mass is 283 g/mol. The molecule has 1 unspecified atom stereocenters. The number of hydrogen-bond donors (Lipinski definition) is 0. The normalized spacial score (nSPS) is 21.9. The van der Waals surface area contributed by atoms with E-state index in [0.29, 0.717) is 0 Å². The van der Waals surface area contributed by atoms with Gasteiger partial charge >= 0.3 is 0 Å². The first-order valence-electron chi connectivity index (χ1n) is 6.83. The van der Waals surface area contributed by atoms with Gasteiger partial charge in [-0.25, -0.2) is 4.99 Å². The molecule has 0 N–H and O–H groups in total. The molecule has 20 heavy (non-hydrogen) atoms. The third-order valence-corrected chi connectivity index (χ3v) is 4.14. The van der Waals surface area contributed by atoms with Gasteiger partial charge in [0.2, 0.25) is 0 Å². The lowest BCUT2D eigenvalue weighted by atomic mass is 10.0. The molecule has 0 saturated heterocycles. The summed E-state index contributed by atoms with van der Waals surface area (Å²) in [5.41, 5.74) is 1.26. The molecule has 0 saturated carbocycles. The summed E-state index contributed by atoms with van der Waals surface area (Å²) in [4.78, 5) is 5.91. The smallest absolute Gasteiger partial charge is 0.251 e. The Balaban J connectivity index is 1.81. The molecule has 0 radical (unpaired) electrons. The molecule has 102 valence electrons. The predicted octanol–water partition coefficient (Wildman–Crippen LogP) is 4.68. The molecule has 3 rings (SSSR count). The van der Waals surface area contributed by atoms with E-state index < -0.39 is 0 Å². The van der Waals surface area contributed by atoms with E-state index >= 15 is 0 Å². The minimum absolute atomic E-state index is 0.198. The zero-order chi connectivity index (χ0) is 13.8. The molecule has 0 aliphatic carbocycles. The van der Waals surface area contributed by atoms with Crippen LogP contribution in [0.4, 0.5) is 0 Å². The van der Waals surface area contributed by atoms with E-state index in [1.165, 1.54) is 5.56 Å². The molecule has 0 bridgehead atoms. The van der Waals surface area contributed by atoms with Crippen molar-refractivity contribution in [2.24, 2.45) is 4.99 Å². The highest BCUT2D eigenvalue weighted by Crippen LogP contribution is 2.32. The summed E-state index contributed by atoms with van der Waals surface area (Å²) in [6, 6.07) is 20.9. The van der Waals surface area contributed by atoms with E-state index in [0.717, 1.165) is 16.5 Å². The van der Waals surface area contributed by atoms with E-state index in [1.807, 2.05) is 24.3 Å². The highest BCUT2D eigenvalue weighted by atomic mass is 32.2. The van der Waals surface area contributed by atoms with E-state index in [9.17, 15) is 0 Å². The van der Waals surface area contributed by atoms with Crippen LogP contribution in [0, 0.1) is 0 Å². The quantitative estimate of drug-likeness (QED) is 0.797. The first-order valence-corrected chi connectivity index (χ1v) is 7.65. The first-order chi connectivity index (χ1) is 9.81. The van der Waals surface area contributed by atoms with Crippen LogP contribution in [0.2, 0.25) is 0 Å². The average Bonchev–Trinajstić information content (AvgIpc) is 2.49. The lowest BCUT2D eigenvalue weighted by Gasteiger charge is -2.26. The molecular formula is C17H17NOS. The minimum Gasteiger partial charge on any atom is -0.470 e. The number of ether oxygens (including phenoxy) is 1. The minimum atomic E-state index is 0.198. The van der Waals surface area contributed by atoms with Crippen LogP contribution in [-0.2, 0) is 4.74 Å². The van der Waals surface area contributed by atoms with Crippen molar-refractivity contribution in [1.29, 1.82) is 0 Å². The average molecular weight is 283 g/mol. The van der Waals surface area contributed by atoms with E-state index in [-0.39, 0.29) is 12.1 Å². The second-order valence-electron chi connectivity index (χ2n) is 4.90. The van der Waals surface area contributed by atoms with Gasteiger partial charge in [-0.1, -0.05) is 48.5 Å². The van der Waals surface area contributed by atoms with Crippen LogP contribution < -0.4 is 0 Å². The number of aliphatic imine (C=N–C) groups is 1. The van der Waals surface area contributed by atoms with Crippen molar-refractivity contribution in [2.75, 3.05) is 0 Å². The Morgan fingerprint density at radius 3 is 2.35 bits per heavy atom. The summed E-state index contributed by atoms with van der Waals surface area (Å²) >= 11 is 1.59. The number of nitrogens with zero attached hydrogens (tertiary/aromatic N) is 1. The van der Waals surface area contributed by atoms with Gasteiger partial charge in [0.05, 0.1) is 6.04 Å². The van der Waals surface area contributed by atoms with Crippen LogP contribution in [0.3, 0.4) is 0 Å². The predicted molar refractivity (Wildman–Crippen MR) is 84.1 cm³/mol. The lowest BCUT2D eigenvalue weighted by Crippen LogP contribution is -2.21. The van der Waals surface area contributed by atoms with E-state index in [1.54, 1.807) is 11.8 Å². The molecule has 2 aromatic carbocycles. The summed E-state index contributed by atoms with van der Waals surface area (Å²) < 4.78 is 5.85. The van der Waals surface area contributed by atoms with Crippen LogP contribution >= 0.6 is 11.8 Å². The third kappa shape index (κ3) is 3.23. The summed E-state index contributed by atoms with van der Waals surface area (Å²) in [5, 5.41) is 0.767. The summed E-state index contributed by atoms with van der Waals surface area (Å²) in [6.45, 7) is 2.11. The summed E-state index contributed by atoms with van der Waals surface area (Å²) in [7, 11) is 0. The van der Waals surface area contributed by atoms with E-state index in [2.05, 4.69) is 43.3 Å². The first kappa shape index (κ1) is 13.3. The van der Waals surface area contributed by atoms with Crippen molar-refractivity contribution in [1.82, 2.24) is 0 Å². The molecule has 1 aliphatic heterocycles. The SMILES string of the molecule is C[C@@H]1CC(c2ccccc2)N=C(Sc2ccccc2)O1. The fourth-order valence-electron chi connectivity index (χ4n) is 2.27. The molecule has 0 aromatic heterocycles. The van der Waals surface area contributed by atoms with Crippen molar-refractivity contribution in [3.8, 4) is 0 Å². The van der Waals surface area contributed by atoms with Crippen molar-refractivity contribution in [3.63, 3.8) is 0 Å². The van der Waals surface area contributed by atoms with Crippen LogP contribution in [0.1, 0.15) is 24.9 Å². The Hall–Kier alpha value is -1.74. The molecule has 2 aromatic rings. The fourth-order valence-corrected chi connectivity index (χ4v) is 3.16. The zero-order valence-electron chi connectivity index (χ0n) is 11.4. The Labute approximate surface area is 123 Å². The van der Waals surface area contributed by atoms with Gasteiger partial charge in [-0.15, -0.1) is 0 Å². The van der Waals surface area contributed by atoms with Gasteiger partial charge in [0.15, 0.2) is 0 Å². The molecular weight excluding hydrogens is 266 g/mol. The van der Waals surface area contributed by atoms with Crippen molar-refractivity contribution in [2.45, 2.75) is 30.4 Å².